The molecule has 0 fully saturated rings. The number of rotatable bonds is 8. The van der Waals surface area contributed by atoms with Gasteiger partial charge in [0.05, 0.1) is 22.1 Å². The van der Waals surface area contributed by atoms with E-state index in [1.165, 1.54) is 23.9 Å². The summed E-state index contributed by atoms with van der Waals surface area (Å²) >= 11 is 1.25. The lowest BCUT2D eigenvalue weighted by Crippen LogP contribution is -2.25. The maximum absolute atomic E-state index is 13.1. The number of nitriles is 1. The van der Waals surface area contributed by atoms with E-state index in [1.807, 2.05) is 73.7 Å². The Balaban J connectivity index is 1.70. The number of hydrogen-bond acceptors (Lipinski definition) is 5. The summed E-state index contributed by atoms with van der Waals surface area (Å²) in [6, 6.07) is 29.6. The molecule has 178 valence electrons. The van der Waals surface area contributed by atoms with Gasteiger partial charge in [-0.2, -0.15) is 5.26 Å². The van der Waals surface area contributed by atoms with E-state index in [-0.39, 0.29) is 11.5 Å². The molecular weight excluding hydrogens is 470 g/mol. The molecule has 0 saturated carbocycles. The zero-order chi connectivity index (χ0) is 25.5. The summed E-state index contributed by atoms with van der Waals surface area (Å²) in [5.74, 6) is -1.28. The smallest absolute Gasteiger partial charge is 0.335 e. The van der Waals surface area contributed by atoms with Crippen molar-refractivity contribution in [3.8, 4) is 28.5 Å². The van der Waals surface area contributed by atoms with Gasteiger partial charge in [0.2, 0.25) is 5.91 Å². The van der Waals surface area contributed by atoms with E-state index < -0.39 is 11.2 Å². The number of carboxylic acids is 1. The first-order chi connectivity index (χ1) is 17.5. The van der Waals surface area contributed by atoms with Crippen LogP contribution in [-0.4, -0.2) is 27.2 Å². The van der Waals surface area contributed by atoms with Crippen LogP contribution in [0.2, 0.25) is 0 Å². The molecule has 1 atom stereocenters. The highest BCUT2D eigenvalue weighted by molar-refractivity contribution is 8.00. The van der Waals surface area contributed by atoms with Crippen LogP contribution in [0.4, 0.5) is 5.69 Å². The first-order valence-corrected chi connectivity index (χ1v) is 12.2. The number of nitrogens with zero attached hydrogens (tertiary/aromatic N) is 2. The third kappa shape index (κ3) is 5.62. The predicted octanol–water partition coefficient (Wildman–Crippen LogP) is 6.49. The molecule has 36 heavy (non-hydrogen) atoms. The number of nitrogens with one attached hydrogen (secondary N) is 1. The highest BCUT2D eigenvalue weighted by atomic mass is 32.2. The van der Waals surface area contributed by atoms with Crippen molar-refractivity contribution >= 4 is 29.3 Å². The number of hydrogen-bond donors (Lipinski definition) is 2. The van der Waals surface area contributed by atoms with E-state index in [0.29, 0.717) is 22.7 Å². The Kier molecular flexibility index (Phi) is 7.79. The molecular formula is C29H23N3O3S. The van der Waals surface area contributed by atoms with Gasteiger partial charge in [-0.3, -0.25) is 4.79 Å². The molecule has 1 unspecified atom stereocenters. The van der Waals surface area contributed by atoms with Crippen LogP contribution in [0.15, 0.2) is 96.0 Å². The Morgan fingerprint density at radius 2 is 1.58 bits per heavy atom. The van der Waals surface area contributed by atoms with Crippen LogP contribution in [0.1, 0.15) is 29.3 Å². The first-order valence-electron chi connectivity index (χ1n) is 11.4. The molecule has 7 heteroatoms. The Morgan fingerprint density at radius 3 is 2.14 bits per heavy atom. The van der Waals surface area contributed by atoms with Gasteiger partial charge in [0, 0.05) is 16.8 Å². The molecule has 0 aliphatic carbocycles. The summed E-state index contributed by atoms with van der Waals surface area (Å²) in [7, 11) is 0. The quantitative estimate of drug-likeness (QED) is 0.272. The molecule has 1 amide bonds. The van der Waals surface area contributed by atoms with Gasteiger partial charge in [0.15, 0.2) is 0 Å². The largest absolute Gasteiger partial charge is 0.478 e. The van der Waals surface area contributed by atoms with E-state index in [0.717, 1.165) is 22.4 Å². The molecule has 0 saturated heterocycles. The fourth-order valence-corrected chi connectivity index (χ4v) is 4.72. The fraction of sp³-hybridized carbons (Fsp3) is 0.103. The minimum Gasteiger partial charge on any atom is -0.478 e. The lowest BCUT2D eigenvalue weighted by molar-refractivity contribution is -0.115. The number of benzene rings is 3. The second-order valence-electron chi connectivity index (χ2n) is 7.97. The topological polar surface area (TPSA) is 103 Å². The molecule has 3 aromatic carbocycles. The molecule has 1 heterocycles. The number of carboxylic acid groups (broad SMARTS) is 1. The van der Waals surface area contributed by atoms with Gasteiger partial charge in [0.1, 0.15) is 11.1 Å². The fourth-order valence-electron chi connectivity index (χ4n) is 3.69. The second-order valence-corrected chi connectivity index (χ2v) is 9.16. The van der Waals surface area contributed by atoms with E-state index in [4.69, 9.17) is 10.1 Å². The van der Waals surface area contributed by atoms with Crippen LogP contribution in [0.5, 0.6) is 0 Å². The van der Waals surface area contributed by atoms with Gasteiger partial charge in [-0.15, -0.1) is 0 Å². The highest BCUT2D eigenvalue weighted by Gasteiger charge is 2.23. The summed E-state index contributed by atoms with van der Waals surface area (Å²) in [6.45, 7) is 1.90. The van der Waals surface area contributed by atoms with Crippen molar-refractivity contribution in [1.29, 1.82) is 5.26 Å². The third-order valence-electron chi connectivity index (χ3n) is 5.57. The molecule has 1 aromatic heterocycles. The van der Waals surface area contributed by atoms with Crippen molar-refractivity contribution < 1.29 is 14.7 Å². The zero-order valence-electron chi connectivity index (χ0n) is 19.5. The molecule has 4 rings (SSSR count). The van der Waals surface area contributed by atoms with Crippen LogP contribution in [0.25, 0.3) is 22.4 Å². The number of aromatic carboxylic acids is 1. The Hall–Kier alpha value is -4.41. The monoisotopic (exact) mass is 493 g/mol. The van der Waals surface area contributed by atoms with E-state index >= 15 is 0 Å². The Bertz CT molecular complexity index is 1420. The number of anilines is 1. The summed E-state index contributed by atoms with van der Waals surface area (Å²) in [4.78, 5) is 29.0. The number of carbonyl (C=O) groups is 2. The van der Waals surface area contributed by atoms with E-state index in [1.54, 1.807) is 12.1 Å². The number of thioether (sulfide) groups is 1. The van der Waals surface area contributed by atoms with Crippen molar-refractivity contribution in [2.24, 2.45) is 0 Å². The lowest BCUT2D eigenvalue weighted by Gasteiger charge is -2.17. The SMILES string of the molecule is CCC(Sc1nc(-c2ccccc2)cc(-c2ccccc2)c1C#N)C(=O)Nc1ccc(C(=O)O)cc1. The van der Waals surface area contributed by atoms with E-state index in [2.05, 4.69) is 11.4 Å². The second kappa shape index (κ2) is 11.3. The van der Waals surface area contributed by atoms with Gasteiger partial charge in [-0.05, 0) is 42.3 Å². The lowest BCUT2D eigenvalue weighted by atomic mass is 9.99. The van der Waals surface area contributed by atoms with Crippen molar-refractivity contribution in [1.82, 2.24) is 4.98 Å². The molecule has 2 N–H and O–H groups in total. The average Bonchev–Trinajstić information content (AvgIpc) is 2.92. The maximum Gasteiger partial charge on any atom is 0.335 e. The van der Waals surface area contributed by atoms with Crippen molar-refractivity contribution in [3.05, 3.63) is 102 Å². The predicted molar refractivity (Wildman–Crippen MR) is 142 cm³/mol. The average molecular weight is 494 g/mol. The van der Waals surface area contributed by atoms with Crippen molar-refractivity contribution in [2.45, 2.75) is 23.6 Å². The van der Waals surface area contributed by atoms with Gasteiger partial charge in [0.25, 0.3) is 0 Å². The van der Waals surface area contributed by atoms with Crippen LogP contribution in [-0.2, 0) is 4.79 Å². The molecule has 0 aliphatic rings. The Morgan fingerprint density at radius 1 is 0.972 bits per heavy atom. The van der Waals surface area contributed by atoms with Gasteiger partial charge in [-0.1, -0.05) is 79.3 Å². The minimum atomic E-state index is -1.03. The molecule has 0 spiro atoms. The van der Waals surface area contributed by atoms with Crippen LogP contribution >= 0.6 is 11.8 Å². The first kappa shape index (κ1) is 24.7. The van der Waals surface area contributed by atoms with Crippen molar-refractivity contribution in [2.75, 3.05) is 5.32 Å². The van der Waals surface area contributed by atoms with Crippen molar-refractivity contribution in [3.63, 3.8) is 0 Å². The number of amides is 1. The normalized spacial score (nSPS) is 11.3. The molecule has 6 nitrogen and oxygen atoms in total. The highest BCUT2D eigenvalue weighted by Crippen LogP contribution is 2.36. The third-order valence-corrected chi connectivity index (χ3v) is 6.92. The molecule has 0 bridgehead atoms. The standard InChI is InChI=1S/C29H23N3O3S/c1-2-26(27(33)31-22-15-13-21(14-16-22)29(34)35)36-28-24(18-30)23(19-9-5-3-6-10-19)17-25(32-28)20-11-7-4-8-12-20/h3-17,26H,2H2,1H3,(H,31,33)(H,34,35). The van der Waals surface area contributed by atoms with Gasteiger partial charge < -0.3 is 10.4 Å². The summed E-state index contributed by atoms with van der Waals surface area (Å²) in [6.07, 6.45) is 0.506. The van der Waals surface area contributed by atoms with Gasteiger partial charge >= 0.3 is 5.97 Å². The minimum absolute atomic E-state index is 0.142. The molecule has 0 aliphatic heterocycles. The molecule has 4 aromatic rings. The Labute approximate surface area is 213 Å². The number of aromatic nitrogens is 1. The van der Waals surface area contributed by atoms with Gasteiger partial charge in [-0.25, -0.2) is 9.78 Å². The summed E-state index contributed by atoms with van der Waals surface area (Å²) in [5.41, 5.74) is 4.35. The van der Waals surface area contributed by atoms with Crippen LogP contribution in [0, 0.1) is 11.3 Å². The zero-order valence-corrected chi connectivity index (χ0v) is 20.3. The number of pyridine rings is 1. The van der Waals surface area contributed by atoms with Crippen LogP contribution < -0.4 is 5.32 Å². The number of carbonyl (C=O) groups excluding carboxylic acids is 1. The molecule has 0 radical (unpaired) electrons. The maximum atomic E-state index is 13.1. The van der Waals surface area contributed by atoms with E-state index in [9.17, 15) is 14.9 Å². The summed E-state index contributed by atoms with van der Waals surface area (Å²) < 4.78 is 0. The summed E-state index contributed by atoms with van der Waals surface area (Å²) in [5, 5.41) is 22.0. The van der Waals surface area contributed by atoms with Crippen LogP contribution in [0.3, 0.4) is 0 Å².